The number of benzene rings is 3. The summed E-state index contributed by atoms with van der Waals surface area (Å²) in [6.45, 7) is 0.0252. The number of aromatic nitrogens is 2. The number of carbonyl (C=O) groups is 1. The molecule has 3 aromatic carbocycles. The van der Waals surface area contributed by atoms with Gasteiger partial charge in [0, 0.05) is 22.8 Å². The summed E-state index contributed by atoms with van der Waals surface area (Å²) in [6.07, 6.45) is 1.57. The van der Waals surface area contributed by atoms with Crippen LogP contribution in [0.1, 0.15) is 21.5 Å². The Labute approximate surface area is 206 Å². The SMILES string of the molecule is O=C(Nc1nn(Cc2ccc(Cl)cc2)cc1Cl)c1ccc(COc2c(F)c(F)cc(F)c2F)cc1. The molecule has 0 saturated carbocycles. The lowest BCUT2D eigenvalue weighted by molar-refractivity contribution is 0.102. The van der Waals surface area contributed by atoms with Crippen LogP contribution in [0.15, 0.2) is 60.8 Å². The molecule has 0 aliphatic carbocycles. The Hall–Kier alpha value is -3.56. The fourth-order valence-corrected chi connectivity index (χ4v) is 3.43. The lowest BCUT2D eigenvalue weighted by atomic mass is 10.1. The van der Waals surface area contributed by atoms with E-state index in [9.17, 15) is 22.4 Å². The molecule has 0 bridgehead atoms. The highest BCUT2D eigenvalue weighted by atomic mass is 35.5. The van der Waals surface area contributed by atoms with E-state index in [0.717, 1.165) is 5.56 Å². The molecule has 0 unspecified atom stereocenters. The molecular weight excluding hydrogens is 509 g/mol. The van der Waals surface area contributed by atoms with Gasteiger partial charge in [-0.05, 0) is 35.4 Å². The fourth-order valence-electron chi connectivity index (χ4n) is 3.11. The predicted octanol–water partition coefficient (Wildman–Crippen LogP) is 6.63. The Bertz CT molecular complexity index is 1350. The highest BCUT2D eigenvalue weighted by Crippen LogP contribution is 2.27. The van der Waals surface area contributed by atoms with Crippen LogP contribution in [0.5, 0.6) is 5.75 Å². The van der Waals surface area contributed by atoms with Gasteiger partial charge in [0.15, 0.2) is 23.2 Å². The Morgan fingerprint density at radius 1 is 0.914 bits per heavy atom. The maximum Gasteiger partial charge on any atom is 0.256 e. The minimum absolute atomic E-state index is 0.0952. The van der Waals surface area contributed by atoms with E-state index < -0.39 is 34.9 Å². The van der Waals surface area contributed by atoms with E-state index in [-0.39, 0.29) is 29.1 Å². The van der Waals surface area contributed by atoms with E-state index in [1.54, 1.807) is 23.0 Å². The molecule has 0 saturated heterocycles. The summed E-state index contributed by atoms with van der Waals surface area (Å²) in [5.41, 5.74) is 1.58. The molecule has 0 spiro atoms. The number of hydrogen-bond acceptors (Lipinski definition) is 3. The fraction of sp³-hybridized carbons (Fsp3) is 0.0833. The van der Waals surface area contributed by atoms with E-state index >= 15 is 0 Å². The van der Waals surface area contributed by atoms with Crippen LogP contribution < -0.4 is 10.1 Å². The number of hydrogen-bond donors (Lipinski definition) is 1. The van der Waals surface area contributed by atoms with Gasteiger partial charge in [0.1, 0.15) is 11.6 Å². The lowest BCUT2D eigenvalue weighted by Crippen LogP contribution is -2.13. The maximum absolute atomic E-state index is 13.7. The van der Waals surface area contributed by atoms with E-state index in [2.05, 4.69) is 10.4 Å². The first kappa shape index (κ1) is 24.6. The molecule has 1 heterocycles. The van der Waals surface area contributed by atoms with Crippen LogP contribution >= 0.6 is 23.2 Å². The molecule has 1 amide bonds. The summed E-state index contributed by atoms with van der Waals surface area (Å²) in [6, 6.07) is 13.1. The van der Waals surface area contributed by atoms with Crippen molar-refractivity contribution in [1.82, 2.24) is 9.78 Å². The smallest absolute Gasteiger partial charge is 0.256 e. The van der Waals surface area contributed by atoms with Gasteiger partial charge in [0.25, 0.3) is 5.91 Å². The summed E-state index contributed by atoms with van der Waals surface area (Å²) in [5, 5.41) is 7.73. The van der Waals surface area contributed by atoms with Crippen molar-refractivity contribution in [2.24, 2.45) is 0 Å². The second kappa shape index (κ2) is 10.4. The molecule has 180 valence electrons. The van der Waals surface area contributed by atoms with Crippen LogP contribution in [-0.2, 0) is 13.2 Å². The molecule has 4 aromatic rings. The number of carbonyl (C=O) groups excluding carboxylic acids is 1. The minimum atomic E-state index is -1.63. The Kier molecular flexibility index (Phi) is 7.28. The molecule has 35 heavy (non-hydrogen) atoms. The quantitative estimate of drug-likeness (QED) is 0.218. The molecule has 0 radical (unpaired) electrons. The van der Waals surface area contributed by atoms with Crippen molar-refractivity contribution in [3.05, 3.63) is 111 Å². The molecule has 4 rings (SSSR count). The van der Waals surface area contributed by atoms with Gasteiger partial charge in [-0.2, -0.15) is 13.9 Å². The number of rotatable bonds is 7. The van der Waals surface area contributed by atoms with Crippen molar-refractivity contribution in [2.75, 3.05) is 5.32 Å². The minimum Gasteiger partial charge on any atom is -0.483 e. The van der Waals surface area contributed by atoms with E-state index in [0.29, 0.717) is 17.1 Å². The first-order valence-electron chi connectivity index (χ1n) is 10.0. The van der Waals surface area contributed by atoms with Crippen LogP contribution in [0.25, 0.3) is 0 Å². The summed E-state index contributed by atoms with van der Waals surface area (Å²) in [4.78, 5) is 12.6. The first-order valence-corrected chi connectivity index (χ1v) is 10.8. The van der Waals surface area contributed by atoms with E-state index in [1.165, 1.54) is 24.3 Å². The zero-order valence-corrected chi connectivity index (χ0v) is 19.2. The van der Waals surface area contributed by atoms with Crippen molar-refractivity contribution < 1.29 is 27.1 Å². The van der Waals surface area contributed by atoms with Gasteiger partial charge in [-0.1, -0.05) is 47.5 Å². The third kappa shape index (κ3) is 5.75. The normalized spacial score (nSPS) is 10.9. The molecule has 0 atom stereocenters. The molecule has 0 aliphatic rings. The second-order valence-electron chi connectivity index (χ2n) is 7.39. The summed E-state index contributed by atoms with van der Waals surface area (Å²) in [5.74, 6) is -7.90. The van der Waals surface area contributed by atoms with Gasteiger partial charge in [-0.25, -0.2) is 8.78 Å². The van der Waals surface area contributed by atoms with Crippen molar-refractivity contribution in [2.45, 2.75) is 13.2 Å². The Balaban J connectivity index is 1.39. The van der Waals surface area contributed by atoms with E-state index in [1.807, 2.05) is 12.1 Å². The largest absolute Gasteiger partial charge is 0.483 e. The number of nitrogens with zero attached hydrogens (tertiary/aromatic N) is 2. The standard InChI is InChI=1S/C24H15Cl2F4N3O2/c25-16-7-3-13(4-8-16)10-33-11-17(26)23(32-33)31-24(34)15-5-1-14(2-6-15)12-35-22-20(29)18(27)9-19(28)21(22)30/h1-9,11H,10,12H2,(H,31,32,34). The topological polar surface area (TPSA) is 56.2 Å². The molecule has 0 aliphatic heterocycles. The number of ether oxygens (including phenoxy) is 1. The Morgan fingerprint density at radius 2 is 1.51 bits per heavy atom. The van der Waals surface area contributed by atoms with Crippen LogP contribution in [0, 0.1) is 23.3 Å². The van der Waals surface area contributed by atoms with Crippen molar-refractivity contribution in [3.63, 3.8) is 0 Å². The van der Waals surface area contributed by atoms with Crippen LogP contribution in [-0.4, -0.2) is 15.7 Å². The Morgan fingerprint density at radius 3 is 2.14 bits per heavy atom. The summed E-state index contributed by atoms with van der Waals surface area (Å²) < 4.78 is 60.5. The summed E-state index contributed by atoms with van der Waals surface area (Å²) >= 11 is 12.1. The number of anilines is 1. The highest BCUT2D eigenvalue weighted by Gasteiger charge is 2.20. The molecular formula is C24H15Cl2F4N3O2. The molecule has 1 aromatic heterocycles. The van der Waals surface area contributed by atoms with Crippen molar-refractivity contribution in [1.29, 1.82) is 0 Å². The third-order valence-corrected chi connectivity index (χ3v) is 5.41. The maximum atomic E-state index is 13.7. The average Bonchev–Trinajstić information content (AvgIpc) is 3.18. The highest BCUT2D eigenvalue weighted by molar-refractivity contribution is 6.33. The molecule has 0 fully saturated rings. The zero-order valence-electron chi connectivity index (χ0n) is 17.7. The van der Waals surface area contributed by atoms with Gasteiger partial charge in [-0.15, -0.1) is 0 Å². The number of amides is 1. The first-order chi connectivity index (χ1) is 16.7. The lowest BCUT2D eigenvalue weighted by Gasteiger charge is -2.10. The van der Waals surface area contributed by atoms with Gasteiger partial charge in [-0.3, -0.25) is 9.48 Å². The average molecular weight is 524 g/mol. The summed E-state index contributed by atoms with van der Waals surface area (Å²) in [7, 11) is 0. The number of nitrogens with one attached hydrogen (secondary N) is 1. The third-order valence-electron chi connectivity index (χ3n) is 4.88. The monoisotopic (exact) mass is 523 g/mol. The van der Waals surface area contributed by atoms with Crippen LogP contribution in [0.4, 0.5) is 23.4 Å². The van der Waals surface area contributed by atoms with Gasteiger partial charge in [0.2, 0.25) is 11.6 Å². The van der Waals surface area contributed by atoms with Gasteiger partial charge >= 0.3 is 0 Å². The zero-order chi connectivity index (χ0) is 25.1. The second-order valence-corrected chi connectivity index (χ2v) is 8.23. The number of halogens is 6. The van der Waals surface area contributed by atoms with Gasteiger partial charge < -0.3 is 10.1 Å². The predicted molar refractivity (Wildman–Crippen MR) is 123 cm³/mol. The van der Waals surface area contributed by atoms with Gasteiger partial charge in [0.05, 0.1) is 6.54 Å². The molecule has 5 nitrogen and oxygen atoms in total. The molecule has 11 heteroatoms. The van der Waals surface area contributed by atoms with Crippen LogP contribution in [0.3, 0.4) is 0 Å². The van der Waals surface area contributed by atoms with Crippen molar-refractivity contribution >= 4 is 34.9 Å². The van der Waals surface area contributed by atoms with Crippen LogP contribution in [0.2, 0.25) is 10.0 Å². The van der Waals surface area contributed by atoms with Crippen molar-refractivity contribution in [3.8, 4) is 5.75 Å². The molecule has 1 N–H and O–H groups in total. The van der Waals surface area contributed by atoms with E-state index in [4.69, 9.17) is 27.9 Å².